The van der Waals surface area contributed by atoms with Crippen molar-refractivity contribution in [3.05, 3.63) is 35.4 Å². The summed E-state index contributed by atoms with van der Waals surface area (Å²) in [5, 5.41) is 0. The Bertz CT molecular complexity index is 393. The lowest BCUT2D eigenvalue weighted by atomic mass is 9.71. The second kappa shape index (κ2) is 8.01. The summed E-state index contributed by atoms with van der Waals surface area (Å²) in [6.45, 7) is 9.31. The molecule has 0 aromatic heterocycles. The van der Waals surface area contributed by atoms with Gasteiger partial charge < -0.3 is 0 Å². The first kappa shape index (κ1) is 16.6. The van der Waals surface area contributed by atoms with Crippen LogP contribution in [-0.4, -0.2) is 0 Å². The highest BCUT2D eigenvalue weighted by atomic mass is 14.3. The topological polar surface area (TPSA) is 0 Å². The molecule has 0 nitrogen and oxygen atoms in total. The number of rotatable bonds is 6. The monoisotopic (exact) mass is 286 g/mol. The van der Waals surface area contributed by atoms with Gasteiger partial charge in [-0.05, 0) is 68.3 Å². The van der Waals surface area contributed by atoms with E-state index in [2.05, 4.69) is 52.0 Å². The van der Waals surface area contributed by atoms with Crippen LogP contribution in [0.4, 0.5) is 0 Å². The van der Waals surface area contributed by atoms with Crippen molar-refractivity contribution >= 4 is 0 Å². The van der Waals surface area contributed by atoms with Gasteiger partial charge in [-0.2, -0.15) is 0 Å². The van der Waals surface area contributed by atoms with Crippen LogP contribution >= 0.6 is 0 Å². The maximum absolute atomic E-state index is 2.40. The zero-order chi connectivity index (χ0) is 15.2. The molecule has 0 spiro atoms. The molecular formula is C21H34. The molecule has 0 aliphatic heterocycles. The highest BCUT2D eigenvalue weighted by Crippen LogP contribution is 2.41. The van der Waals surface area contributed by atoms with E-state index >= 15 is 0 Å². The van der Waals surface area contributed by atoms with Gasteiger partial charge in [-0.15, -0.1) is 0 Å². The van der Waals surface area contributed by atoms with E-state index in [1.165, 1.54) is 50.5 Å². The molecule has 0 radical (unpaired) electrons. The molecule has 118 valence electrons. The quantitative estimate of drug-likeness (QED) is 0.543. The molecule has 21 heavy (non-hydrogen) atoms. The van der Waals surface area contributed by atoms with Gasteiger partial charge in [-0.25, -0.2) is 0 Å². The summed E-state index contributed by atoms with van der Waals surface area (Å²) in [4.78, 5) is 0. The summed E-state index contributed by atoms with van der Waals surface area (Å²) < 4.78 is 0. The van der Waals surface area contributed by atoms with E-state index < -0.39 is 0 Å². The molecular weight excluding hydrogens is 252 g/mol. The van der Waals surface area contributed by atoms with E-state index in [9.17, 15) is 0 Å². The molecule has 1 fully saturated rings. The van der Waals surface area contributed by atoms with Crippen molar-refractivity contribution in [3.8, 4) is 0 Å². The van der Waals surface area contributed by atoms with Crippen molar-refractivity contribution in [2.45, 2.75) is 78.6 Å². The number of hydrogen-bond donors (Lipinski definition) is 0. The summed E-state index contributed by atoms with van der Waals surface area (Å²) in [5.74, 6) is 3.66. The van der Waals surface area contributed by atoms with Crippen LogP contribution in [0.5, 0.6) is 0 Å². The van der Waals surface area contributed by atoms with Gasteiger partial charge in [-0.1, -0.05) is 63.4 Å². The molecule has 0 heterocycles. The van der Waals surface area contributed by atoms with Crippen LogP contribution in [0.2, 0.25) is 0 Å². The largest absolute Gasteiger partial charge is 0.0651 e. The summed E-state index contributed by atoms with van der Waals surface area (Å²) in [7, 11) is 0. The first-order valence-electron chi connectivity index (χ1n) is 9.16. The van der Waals surface area contributed by atoms with Crippen LogP contribution in [0.3, 0.4) is 0 Å². The highest BCUT2D eigenvalue weighted by Gasteiger charge is 2.27. The number of aryl methyl sites for hydroxylation is 1. The maximum Gasteiger partial charge on any atom is -0.0162 e. The second-order valence-electron chi connectivity index (χ2n) is 7.66. The van der Waals surface area contributed by atoms with Gasteiger partial charge >= 0.3 is 0 Å². The van der Waals surface area contributed by atoms with E-state index in [4.69, 9.17) is 0 Å². The molecule has 2 rings (SSSR count). The summed E-state index contributed by atoms with van der Waals surface area (Å²) >= 11 is 0. The van der Waals surface area contributed by atoms with Gasteiger partial charge in [0.05, 0.1) is 0 Å². The Balaban J connectivity index is 1.85. The van der Waals surface area contributed by atoms with Crippen molar-refractivity contribution < 1.29 is 0 Å². The third-order valence-electron chi connectivity index (χ3n) is 5.63. The molecule has 0 N–H and O–H groups in total. The summed E-state index contributed by atoms with van der Waals surface area (Å²) in [5.41, 5.74) is 2.96. The molecule has 0 amide bonds. The van der Waals surface area contributed by atoms with Crippen molar-refractivity contribution in [1.82, 2.24) is 0 Å². The van der Waals surface area contributed by atoms with E-state index in [-0.39, 0.29) is 0 Å². The minimum atomic E-state index is 0.824. The van der Waals surface area contributed by atoms with Crippen LogP contribution in [0.15, 0.2) is 24.3 Å². The molecule has 1 saturated carbocycles. The fraction of sp³-hybridized carbons (Fsp3) is 0.714. The fourth-order valence-electron chi connectivity index (χ4n) is 4.08. The standard InChI is InChI=1S/C21H34/c1-5-18(9-6-16(2)3)19-12-14-21(15-13-19)20-10-7-17(4)8-11-20/h7-8,10-11,16,18-19,21H,5-6,9,12-15H2,1-4H3. The summed E-state index contributed by atoms with van der Waals surface area (Å²) in [6, 6.07) is 9.27. The highest BCUT2D eigenvalue weighted by molar-refractivity contribution is 5.24. The van der Waals surface area contributed by atoms with Crippen LogP contribution in [0, 0.1) is 24.7 Å². The third kappa shape index (κ3) is 4.87. The smallest absolute Gasteiger partial charge is 0.0162 e. The van der Waals surface area contributed by atoms with Crippen molar-refractivity contribution in [2.75, 3.05) is 0 Å². The Hall–Kier alpha value is -0.780. The SMILES string of the molecule is CCC(CCC(C)C)C1CCC(c2ccc(C)cc2)CC1. The molecule has 1 aromatic carbocycles. The van der Waals surface area contributed by atoms with Gasteiger partial charge in [-0.3, -0.25) is 0 Å². The van der Waals surface area contributed by atoms with Crippen molar-refractivity contribution in [2.24, 2.45) is 17.8 Å². The van der Waals surface area contributed by atoms with Crippen LogP contribution < -0.4 is 0 Å². The molecule has 1 aliphatic rings. The minimum Gasteiger partial charge on any atom is -0.0651 e. The molecule has 0 heteroatoms. The number of benzene rings is 1. The molecule has 0 saturated heterocycles. The van der Waals surface area contributed by atoms with E-state index in [1.807, 2.05) is 0 Å². The van der Waals surface area contributed by atoms with Crippen molar-refractivity contribution in [3.63, 3.8) is 0 Å². The molecule has 1 atom stereocenters. The zero-order valence-corrected chi connectivity index (χ0v) is 14.6. The molecule has 0 bridgehead atoms. The Morgan fingerprint density at radius 1 is 0.952 bits per heavy atom. The van der Waals surface area contributed by atoms with E-state index in [0.717, 1.165) is 23.7 Å². The lowest BCUT2D eigenvalue weighted by Gasteiger charge is -2.34. The second-order valence-corrected chi connectivity index (χ2v) is 7.66. The van der Waals surface area contributed by atoms with E-state index in [0.29, 0.717) is 0 Å². The normalized spacial score (nSPS) is 24.2. The Morgan fingerprint density at radius 3 is 2.10 bits per heavy atom. The lowest BCUT2D eigenvalue weighted by Crippen LogP contribution is -2.21. The Kier molecular flexibility index (Phi) is 6.33. The van der Waals surface area contributed by atoms with Gasteiger partial charge in [0.1, 0.15) is 0 Å². The average molecular weight is 287 g/mol. The average Bonchev–Trinajstić information content (AvgIpc) is 2.49. The van der Waals surface area contributed by atoms with Gasteiger partial charge in [0.2, 0.25) is 0 Å². The predicted octanol–water partition coefficient (Wildman–Crippen LogP) is 6.73. The Labute approximate surface area is 132 Å². The molecule has 1 aliphatic carbocycles. The first-order chi connectivity index (χ1) is 10.1. The zero-order valence-electron chi connectivity index (χ0n) is 14.6. The van der Waals surface area contributed by atoms with Gasteiger partial charge in [0.15, 0.2) is 0 Å². The fourth-order valence-corrected chi connectivity index (χ4v) is 4.08. The van der Waals surface area contributed by atoms with Gasteiger partial charge in [0, 0.05) is 0 Å². The number of hydrogen-bond acceptors (Lipinski definition) is 0. The third-order valence-corrected chi connectivity index (χ3v) is 5.63. The first-order valence-corrected chi connectivity index (χ1v) is 9.16. The van der Waals surface area contributed by atoms with Gasteiger partial charge in [0.25, 0.3) is 0 Å². The minimum absolute atomic E-state index is 0.824. The van der Waals surface area contributed by atoms with Crippen LogP contribution in [-0.2, 0) is 0 Å². The predicted molar refractivity (Wildman–Crippen MR) is 93.7 cm³/mol. The van der Waals surface area contributed by atoms with Crippen molar-refractivity contribution in [1.29, 1.82) is 0 Å². The Morgan fingerprint density at radius 2 is 1.57 bits per heavy atom. The lowest BCUT2D eigenvalue weighted by molar-refractivity contribution is 0.208. The summed E-state index contributed by atoms with van der Waals surface area (Å²) in [6.07, 6.45) is 9.97. The molecule has 1 unspecified atom stereocenters. The van der Waals surface area contributed by atoms with Crippen LogP contribution in [0.25, 0.3) is 0 Å². The van der Waals surface area contributed by atoms with Crippen LogP contribution in [0.1, 0.15) is 82.8 Å². The molecule has 1 aromatic rings. The maximum atomic E-state index is 2.40. The van der Waals surface area contributed by atoms with E-state index in [1.54, 1.807) is 5.56 Å².